The van der Waals surface area contributed by atoms with Crippen LogP contribution in [0.15, 0.2) is 18.3 Å². The highest BCUT2D eigenvalue weighted by Crippen LogP contribution is 2.17. The fraction of sp³-hybridized carbons (Fsp3) is 0.333. The Labute approximate surface area is 81.9 Å². The van der Waals surface area contributed by atoms with Crippen molar-refractivity contribution in [3.8, 4) is 5.88 Å². The summed E-state index contributed by atoms with van der Waals surface area (Å²) in [5.41, 5.74) is 0.351. The molecular weight excluding hydrogens is 184 g/mol. The topological polar surface area (TPSA) is 62.7 Å². The van der Waals surface area contributed by atoms with Crippen molar-refractivity contribution in [2.45, 2.75) is 13.3 Å². The lowest BCUT2D eigenvalue weighted by Crippen LogP contribution is -2.25. The second-order valence-corrected chi connectivity index (χ2v) is 2.62. The van der Waals surface area contributed by atoms with Crippen LogP contribution in [-0.2, 0) is 4.79 Å². The zero-order valence-corrected chi connectivity index (χ0v) is 8.10. The average Bonchev–Trinajstić information content (AvgIpc) is 2.27. The minimum Gasteiger partial charge on any atom is -0.481 e. The first-order chi connectivity index (χ1) is 6.69. The second-order valence-electron chi connectivity index (χ2n) is 2.62. The molecule has 1 amide bonds. The van der Waals surface area contributed by atoms with Crippen LogP contribution in [0.25, 0.3) is 0 Å². The molecule has 0 aliphatic carbocycles. The van der Waals surface area contributed by atoms with Crippen LogP contribution in [0.1, 0.15) is 13.3 Å². The molecule has 14 heavy (non-hydrogen) atoms. The van der Waals surface area contributed by atoms with Gasteiger partial charge in [0.2, 0.25) is 11.8 Å². The summed E-state index contributed by atoms with van der Waals surface area (Å²) >= 11 is 0. The van der Waals surface area contributed by atoms with Crippen LogP contribution in [0.4, 0.5) is 5.69 Å². The van der Waals surface area contributed by atoms with Gasteiger partial charge in [0, 0.05) is 18.7 Å². The van der Waals surface area contributed by atoms with Gasteiger partial charge in [0.25, 0.3) is 0 Å². The van der Waals surface area contributed by atoms with Gasteiger partial charge in [-0.1, -0.05) is 6.92 Å². The van der Waals surface area contributed by atoms with E-state index in [1.165, 1.54) is 25.4 Å². The Bertz CT molecular complexity index is 328. The minimum atomic E-state index is -0.377. The number of ether oxygens (including phenoxy) is 1. The van der Waals surface area contributed by atoms with Crippen LogP contribution in [0.5, 0.6) is 5.88 Å². The maximum absolute atomic E-state index is 11.1. The lowest BCUT2D eigenvalue weighted by atomic mass is 10.3. The van der Waals surface area contributed by atoms with Gasteiger partial charge in [-0.25, -0.2) is 4.98 Å². The van der Waals surface area contributed by atoms with Crippen LogP contribution in [0, 0.1) is 0 Å². The fourth-order valence-electron chi connectivity index (χ4n) is 0.936. The van der Waals surface area contributed by atoms with Crippen LogP contribution in [-0.4, -0.2) is 23.2 Å². The molecule has 0 radical (unpaired) electrons. The van der Waals surface area contributed by atoms with Crippen molar-refractivity contribution in [2.75, 3.05) is 12.2 Å². The molecular formula is C9H12N2O3. The van der Waals surface area contributed by atoms with E-state index in [1.807, 2.05) is 0 Å². The molecule has 0 atom stereocenters. The third-order valence-electron chi connectivity index (χ3n) is 1.71. The largest absolute Gasteiger partial charge is 0.481 e. The first-order valence-corrected chi connectivity index (χ1v) is 4.21. The number of methoxy groups -OCH3 is 1. The molecule has 1 N–H and O–H groups in total. The molecule has 1 heterocycles. The summed E-state index contributed by atoms with van der Waals surface area (Å²) in [5.74, 6) is -0.0243. The van der Waals surface area contributed by atoms with Crippen molar-refractivity contribution < 1.29 is 14.7 Å². The molecule has 1 aromatic rings. The number of carbonyl (C=O) groups is 1. The summed E-state index contributed by atoms with van der Waals surface area (Å²) in [6, 6.07) is 3.00. The summed E-state index contributed by atoms with van der Waals surface area (Å²) < 4.78 is 4.86. The quantitative estimate of drug-likeness (QED) is 0.583. The van der Waals surface area contributed by atoms with E-state index in [0.29, 0.717) is 16.6 Å². The Kier molecular flexibility index (Phi) is 3.41. The number of hydroxylamine groups is 1. The average molecular weight is 196 g/mol. The molecule has 0 aliphatic rings. The Morgan fingerprint density at radius 2 is 2.43 bits per heavy atom. The smallest absolute Gasteiger partial charge is 0.250 e. The van der Waals surface area contributed by atoms with E-state index in [1.54, 1.807) is 6.92 Å². The molecule has 1 rings (SSSR count). The molecule has 0 saturated carbocycles. The van der Waals surface area contributed by atoms with Crippen molar-refractivity contribution in [1.29, 1.82) is 0 Å². The van der Waals surface area contributed by atoms with E-state index in [4.69, 9.17) is 4.74 Å². The fourth-order valence-corrected chi connectivity index (χ4v) is 0.936. The highest BCUT2D eigenvalue weighted by atomic mass is 16.5. The predicted octanol–water partition coefficient (Wildman–Crippen LogP) is 1.22. The summed E-state index contributed by atoms with van der Waals surface area (Å²) in [5, 5.41) is 10.00. The highest BCUT2D eigenvalue weighted by Gasteiger charge is 2.11. The summed E-state index contributed by atoms with van der Waals surface area (Å²) in [4.78, 5) is 15.0. The molecule has 5 nitrogen and oxygen atoms in total. The molecule has 0 aliphatic heterocycles. The molecule has 0 aromatic carbocycles. The predicted molar refractivity (Wildman–Crippen MR) is 50.4 cm³/mol. The number of hydrogen-bond donors (Lipinski definition) is 1. The van der Waals surface area contributed by atoms with Crippen molar-refractivity contribution >= 4 is 11.6 Å². The molecule has 1 aromatic heterocycles. The van der Waals surface area contributed by atoms with E-state index in [2.05, 4.69) is 4.98 Å². The van der Waals surface area contributed by atoms with Gasteiger partial charge in [-0.05, 0) is 6.07 Å². The van der Waals surface area contributed by atoms with E-state index in [-0.39, 0.29) is 12.3 Å². The highest BCUT2D eigenvalue weighted by molar-refractivity contribution is 5.90. The Morgan fingerprint density at radius 1 is 1.71 bits per heavy atom. The maximum Gasteiger partial charge on any atom is 0.250 e. The van der Waals surface area contributed by atoms with Gasteiger partial charge >= 0.3 is 0 Å². The Hall–Kier alpha value is -1.62. The van der Waals surface area contributed by atoms with Gasteiger partial charge in [0.15, 0.2) is 0 Å². The standard InChI is InChI=1S/C9H12N2O3/c1-3-9(12)11(13)7-4-5-10-8(6-7)14-2/h4-6,13H,3H2,1-2H3. The Morgan fingerprint density at radius 3 is 3.00 bits per heavy atom. The number of rotatable bonds is 3. The number of pyridine rings is 1. The molecule has 5 heteroatoms. The lowest BCUT2D eigenvalue weighted by Gasteiger charge is -2.13. The van der Waals surface area contributed by atoms with Gasteiger partial charge < -0.3 is 4.74 Å². The zero-order valence-electron chi connectivity index (χ0n) is 8.10. The van der Waals surface area contributed by atoms with Gasteiger partial charge in [0.1, 0.15) is 0 Å². The summed E-state index contributed by atoms with van der Waals surface area (Å²) in [6.45, 7) is 1.67. The lowest BCUT2D eigenvalue weighted by molar-refractivity contribution is -0.123. The van der Waals surface area contributed by atoms with Crippen LogP contribution >= 0.6 is 0 Å². The third kappa shape index (κ3) is 2.20. The normalized spacial score (nSPS) is 9.64. The van der Waals surface area contributed by atoms with Crippen molar-refractivity contribution in [2.24, 2.45) is 0 Å². The first kappa shape index (κ1) is 10.5. The first-order valence-electron chi connectivity index (χ1n) is 4.21. The van der Waals surface area contributed by atoms with E-state index in [9.17, 15) is 10.0 Å². The number of hydrogen-bond acceptors (Lipinski definition) is 4. The molecule has 0 fully saturated rings. The monoisotopic (exact) mass is 196 g/mol. The van der Waals surface area contributed by atoms with Gasteiger partial charge in [-0.15, -0.1) is 0 Å². The zero-order chi connectivity index (χ0) is 10.6. The third-order valence-corrected chi connectivity index (χ3v) is 1.71. The summed E-state index contributed by atoms with van der Waals surface area (Å²) in [7, 11) is 1.47. The van der Waals surface area contributed by atoms with Gasteiger partial charge in [0.05, 0.1) is 12.8 Å². The van der Waals surface area contributed by atoms with Gasteiger partial charge in [-0.3, -0.25) is 10.0 Å². The van der Waals surface area contributed by atoms with E-state index >= 15 is 0 Å². The van der Waals surface area contributed by atoms with E-state index < -0.39 is 0 Å². The van der Waals surface area contributed by atoms with Crippen LogP contribution in [0.3, 0.4) is 0 Å². The summed E-state index contributed by atoms with van der Waals surface area (Å²) in [6.07, 6.45) is 1.70. The molecule has 0 saturated heterocycles. The van der Waals surface area contributed by atoms with Crippen molar-refractivity contribution in [3.05, 3.63) is 18.3 Å². The molecule has 76 valence electrons. The number of aromatic nitrogens is 1. The van der Waals surface area contributed by atoms with Crippen molar-refractivity contribution in [3.63, 3.8) is 0 Å². The van der Waals surface area contributed by atoms with Crippen LogP contribution in [0.2, 0.25) is 0 Å². The maximum atomic E-state index is 11.1. The number of anilines is 1. The van der Waals surface area contributed by atoms with Gasteiger partial charge in [-0.2, -0.15) is 5.06 Å². The van der Waals surface area contributed by atoms with Crippen molar-refractivity contribution in [1.82, 2.24) is 4.98 Å². The number of nitrogens with zero attached hydrogens (tertiary/aromatic N) is 2. The van der Waals surface area contributed by atoms with E-state index in [0.717, 1.165) is 0 Å². The Balaban J connectivity index is 2.89. The molecule has 0 bridgehead atoms. The number of amides is 1. The minimum absolute atomic E-state index is 0.237. The SMILES string of the molecule is CCC(=O)N(O)c1ccnc(OC)c1. The molecule has 0 unspecified atom stereocenters. The van der Waals surface area contributed by atoms with Crippen LogP contribution < -0.4 is 9.80 Å². The number of carbonyl (C=O) groups excluding carboxylic acids is 1. The molecule has 0 spiro atoms. The second kappa shape index (κ2) is 4.57.